The van der Waals surface area contributed by atoms with Gasteiger partial charge in [0.2, 0.25) is 0 Å². The number of carbonyl (C=O) groups is 1. The number of rotatable bonds is 2. The van der Waals surface area contributed by atoms with Crippen molar-refractivity contribution in [1.82, 2.24) is 19.3 Å². The van der Waals surface area contributed by atoms with Crippen LogP contribution >= 0.6 is 0 Å². The summed E-state index contributed by atoms with van der Waals surface area (Å²) in [5, 5.41) is 12.6. The maximum atomic E-state index is 10.6. The first-order chi connectivity index (χ1) is 6.66. The Hall–Kier alpha value is -2.11. The first kappa shape index (κ1) is 8.49. The molecule has 0 unspecified atom stereocenters. The summed E-state index contributed by atoms with van der Waals surface area (Å²) < 4.78 is 3.18. The Morgan fingerprint density at radius 3 is 2.79 bits per heavy atom. The molecule has 0 aromatic carbocycles. The summed E-state index contributed by atoms with van der Waals surface area (Å²) in [6.45, 7) is 0. The molecular formula is C8H8N4O2. The number of aryl methyl sites for hydroxylation is 1. The fourth-order valence-corrected chi connectivity index (χ4v) is 1.08. The molecule has 0 amide bonds. The Bertz CT molecular complexity index is 471. The van der Waals surface area contributed by atoms with Crippen LogP contribution in [0.5, 0.6) is 0 Å². The van der Waals surface area contributed by atoms with Crippen molar-refractivity contribution in [3.63, 3.8) is 0 Å². The van der Waals surface area contributed by atoms with E-state index in [0.717, 1.165) is 0 Å². The second kappa shape index (κ2) is 2.99. The number of imidazole rings is 1. The normalized spacial score (nSPS) is 10.4. The van der Waals surface area contributed by atoms with Crippen LogP contribution in [0.3, 0.4) is 0 Å². The van der Waals surface area contributed by atoms with Crippen LogP contribution in [-0.4, -0.2) is 30.4 Å². The number of aromatic carboxylic acids is 1. The summed E-state index contributed by atoms with van der Waals surface area (Å²) in [5.74, 6) is -0.396. The van der Waals surface area contributed by atoms with E-state index < -0.39 is 5.97 Å². The molecule has 6 heteroatoms. The standard InChI is InChI=1S/C8H8N4O2/c1-11-4-7(9-5-11)12-3-6(2-10-12)8(13)14/h2-5H,1H3,(H,13,14). The lowest BCUT2D eigenvalue weighted by molar-refractivity contribution is 0.0697. The summed E-state index contributed by atoms with van der Waals surface area (Å²) in [5.41, 5.74) is 0.149. The first-order valence-corrected chi connectivity index (χ1v) is 3.93. The molecule has 2 aromatic rings. The van der Waals surface area contributed by atoms with Gasteiger partial charge in [0.1, 0.15) is 0 Å². The van der Waals surface area contributed by atoms with Crippen LogP contribution in [0.15, 0.2) is 24.9 Å². The minimum Gasteiger partial charge on any atom is -0.478 e. The highest BCUT2D eigenvalue weighted by Gasteiger charge is 2.07. The number of aromatic nitrogens is 4. The van der Waals surface area contributed by atoms with Crippen molar-refractivity contribution < 1.29 is 9.90 Å². The largest absolute Gasteiger partial charge is 0.478 e. The van der Waals surface area contributed by atoms with E-state index in [0.29, 0.717) is 5.82 Å². The molecule has 72 valence electrons. The smallest absolute Gasteiger partial charge is 0.338 e. The molecular weight excluding hydrogens is 184 g/mol. The van der Waals surface area contributed by atoms with Gasteiger partial charge < -0.3 is 9.67 Å². The van der Waals surface area contributed by atoms with E-state index in [9.17, 15) is 4.79 Å². The lowest BCUT2D eigenvalue weighted by Crippen LogP contribution is -1.95. The molecule has 0 spiro atoms. The van der Waals surface area contributed by atoms with Gasteiger partial charge in [-0.2, -0.15) is 5.10 Å². The zero-order valence-electron chi connectivity index (χ0n) is 7.45. The Kier molecular flexibility index (Phi) is 1.81. The topological polar surface area (TPSA) is 72.9 Å². The molecule has 0 radical (unpaired) electrons. The Morgan fingerprint density at radius 1 is 1.50 bits per heavy atom. The van der Waals surface area contributed by atoms with Crippen LogP contribution in [0.25, 0.3) is 5.82 Å². The third-order valence-corrected chi connectivity index (χ3v) is 1.76. The van der Waals surface area contributed by atoms with Gasteiger partial charge in [-0.05, 0) is 0 Å². The molecule has 2 rings (SSSR count). The van der Waals surface area contributed by atoms with E-state index >= 15 is 0 Å². The Balaban J connectivity index is 2.38. The number of hydrogen-bond donors (Lipinski definition) is 1. The van der Waals surface area contributed by atoms with Gasteiger partial charge >= 0.3 is 5.97 Å². The average Bonchev–Trinajstić information content (AvgIpc) is 2.70. The van der Waals surface area contributed by atoms with Crippen molar-refractivity contribution in [3.8, 4) is 5.82 Å². The van der Waals surface area contributed by atoms with Crippen molar-refractivity contribution in [2.24, 2.45) is 7.05 Å². The minimum atomic E-state index is -0.993. The quantitative estimate of drug-likeness (QED) is 0.742. The molecule has 6 nitrogen and oxygen atoms in total. The van der Waals surface area contributed by atoms with Gasteiger partial charge in [-0.15, -0.1) is 0 Å². The van der Waals surface area contributed by atoms with E-state index in [1.807, 2.05) is 7.05 Å². The second-order valence-electron chi connectivity index (χ2n) is 2.88. The van der Waals surface area contributed by atoms with Crippen LogP contribution in [0, 0.1) is 0 Å². The van der Waals surface area contributed by atoms with Crippen molar-refractivity contribution in [3.05, 3.63) is 30.5 Å². The molecule has 0 fully saturated rings. The van der Waals surface area contributed by atoms with Gasteiger partial charge in [-0.3, -0.25) is 0 Å². The molecule has 0 aliphatic carbocycles. The molecule has 1 N–H and O–H groups in total. The zero-order chi connectivity index (χ0) is 10.1. The van der Waals surface area contributed by atoms with Crippen LogP contribution in [-0.2, 0) is 7.05 Å². The first-order valence-electron chi connectivity index (χ1n) is 3.93. The van der Waals surface area contributed by atoms with Crippen LogP contribution in [0.2, 0.25) is 0 Å². The Labute approximate surface area is 79.4 Å². The van der Waals surface area contributed by atoms with Crippen molar-refractivity contribution >= 4 is 5.97 Å². The van der Waals surface area contributed by atoms with Crippen molar-refractivity contribution in [2.75, 3.05) is 0 Å². The maximum absolute atomic E-state index is 10.6. The fourth-order valence-electron chi connectivity index (χ4n) is 1.08. The van der Waals surface area contributed by atoms with E-state index in [1.54, 1.807) is 17.1 Å². The number of hydrogen-bond acceptors (Lipinski definition) is 3. The molecule has 0 saturated heterocycles. The zero-order valence-corrected chi connectivity index (χ0v) is 7.45. The molecule has 2 aromatic heterocycles. The highest BCUT2D eigenvalue weighted by atomic mass is 16.4. The fraction of sp³-hybridized carbons (Fsp3) is 0.125. The van der Waals surface area contributed by atoms with Gasteiger partial charge in [-0.25, -0.2) is 14.5 Å². The van der Waals surface area contributed by atoms with Crippen LogP contribution < -0.4 is 0 Å². The van der Waals surface area contributed by atoms with Crippen LogP contribution in [0.4, 0.5) is 0 Å². The maximum Gasteiger partial charge on any atom is 0.338 e. The van der Waals surface area contributed by atoms with Gasteiger partial charge in [0.15, 0.2) is 5.82 Å². The van der Waals surface area contributed by atoms with Gasteiger partial charge in [0.25, 0.3) is 0 Å². The summed E-state index contributed by atoms with van der Waals surface area (Å²) in [4.78, 5) is 14.6. The summed E-state index contributed by atoms with van der Waals surface area (Å²) in [6, 6.07) is 0. The third kappa shape index (κ3) is 1.37. The predicted octanol–water partition coefficient (Wildman–Crippen LogP) is 0.304. The molecule has 0 aliphatic rings. The number of nitrogens with zero attached hydrogens (tertiary/aromatic N) is 4. The number of carboxylic acid groups (broad SMARTS) is 1. The average molecular weight is 192 g/mol. The van der Waals surface area contributed by atoms with Crippen molar-refractivity contribution in [2.45, 2.75) is 0 Å². The molecule has 2 heterocycles. The van der Waals surface area contributed by atoms with E-state index in [-0.39, 0.29) is 5.56 Å². The highest BCUT2D eigenvalue weighted by molar-refractivity contribution is 5.86. The lowest BCUT2D eigenvalue weighted by Gasteiger charge is -1.91. The molecule has 0 atom stereocenters. The minimum absolute atomic E-state index is 0.149. The summed E-state index contributed by atoms with van der Waals surface area (Å²) in [7, 11) is 1.83. The lowest BCUT2D eigenvalue weighted by atomic mass is 10.4. The molecule has 0 aliphatic heterocycles. The summed E-state index contributed by atoms with van der Waals surface area (Å²) >= 11 is 0. The van der Waals surface area contributed by atoms with Gasteiger partial charge in [0.05, 0.1) is 18.1 Å². The third-order valence-electron chi connectivity index (χ3n) is 1.76. The van der Waals surface area contributed by atoms with E-state index in [4.69, 9.17) is 5.11 Å². The molecule has 0 bridgehead atoms. The monoisotopic (exact) mass is 192 g/mol. The second-order valence-corrected chi connectivity index (χ2v) is 2.88. The molecule has 0 saturated carbocycles. The number of carboxylic acids is 1. The van der Waals surface area contributed by atoms with Gasteiger partial charge in [-0.1, -0.05) is 0 Å². The molecule has 14 heavy (non-hydrogen) atoms. The van der Waals surface area contributed by atoms with Gasteiger partial charge in [0, 0.05) is 19.4 Å². The Morgan fingerprint density at radius 2 is 2.29 bits per heavy atom. The van der Waals surface area contributed by atoms with Crippen molar-refractivity contribution in [1.29, 1.82) is 0 Å². The van der Waals surface area contributed by atoms with E-state index in [1.165, 1.54) is 17.1 Å². The highest BCUT2D eigenvalue weighted by Crippen LogP contribution is 2.04. The predicted molar refractivity (Wildman–Crippen MR) is 47.3 cm³/mol. The van der Waals surface area contributed by atoms with E-state index in [2.05, 4.69) is 10.1 Å². The SMILES string of the molecule is Cn1cnc(-n2cc(C(=O)O)cn2)c1. The summed E-state index contributed by atoms with van der Waals surface area (Å²) in [6.07, 6.45) is 6.08. The van der Waals surface area contributed by atoms with Crippen LogP contribution in [0.1, 0.15) is 10.4 Å².